The van der Waals surface area contributed by atoms with Gasteiger partial charge in [-0.2, -0.15) is 0 Å². The number of piperazine rings is 1. The van der Waals surface area contributed by atoms with Gasteiger partial charge in [0.2, 0.25) is 5.91 Å². The Balaban J connectivity index is 1.40. The lowest BCUT2D eigenvalue weighted by atomic mass is 9.73. The van der Waals surface area contributed by atoms with Crippen molar-refractivity contribution in [1.82, 2.24) is 14.8 Å². The van der Waals surface area contributed by atoms with E-state index in [1.54, 1.807) is 23.4 Å². The Kier molecular flexibility index (Phi) is 5.19. The normalized spacial score (nSPS) is 22.3. The summed E-state index contributed by atoms with van der Waals surface area (Å²) < 4.78 is 14.1. The van der Waals surface area contributed by atoms with E-state index >= 15 is 0 Å². The second kappa shape index (κ2) is 8.16. The molecule has 3 heterocycles. The zero-order valence-electron chi connectivity index (χ0n) is 17.3. The molecule has 1 aromatic heterocycles. The summed E-state index contributed by atoms with van der Waals surface area (Å²) in [5.41, 5.74) is 2.98. The first kappa shape index (κ1) is 20.3. The largest absolute Gasteiger partial charge is 0.394 e. The molecule has 0 unspecified atom stereocenters. The highest BCUT2D eigenvalue weighted by molar-refractivity contribution is 5.97. The number of hydrogen-bond donors (Lipinski definition) is 1. The van der Waals surface area contributed by atoms with Crippen LogP contribution in [0.2, 0.25) is 0 Å². The summed E-state index contributed by atoms with van der Waals surface area (Å²) in [4.78, 5) is 32.9. The SMILES string of the molecule is O=C(c1ccccc1F)N1CC(=O)N2[C@H](CO)[C@H](c3ccc(-c4cccnc4)cc3)[C@@H]2C1. The van der Waals surface area contributed by atoms with Crippen molar-refractivity contribution in [3.8, 4) is 11.1 Å². The maximum Gasteiger partial charge on any atom is 0.257 e. The number of hydrogen-bond acceptors (Lipinski definition) is 4. The molecule has 0 aliphatic carbocycles. The molecular weight excluding hydrogens is 409 g/mol. The molecular formula is C25H22FN3O3. The summed E-state index contributed by atoms with van der Waals surface area (Å²) in [6.45, 7) is 0.0236. The number of halogens is 1. The fourth-order valence-electron chi connectivity index (χ4n) is 4.89. The lowest BCUT2D eigenvalue weighted by Gasteiger charge is -2.58. The number of rotatable bonds is 4. The van der Waals surface area contributed by atoms with Crippen LogP contribution in [0.25, 0.3) is 11.1 Å². The Morgan fingerprint density at radius 1 is 1.06 bits per heavy atom. The predicted molar refractivity (Wildman–Crippen MR) is 116 cm³/mol. The minimum Gasteiger partial charge on any atom is -0.394 e. The van der Waals surface area contributed by atoms with Crippen LogP contribution in [0.3, 0.4) is 0 Å². The first-order valence-electron chi connectivity index (χ1n) is 10.5. The third kappa shape index (κ3) is 3.35. The van der Waals surface area contributed by atoms with Gasteiger partial charge in [0.15, 0.2) is 0 Å². The van der Waals surface area contributed by atoms with Crippen molar-refractivity contribution in [2.45, 2.75) is 18.0 Å². The number of aromatic nitrogens is 1. The molecule has 2 saturated heterocycles. The number of carbonyl (C=O) groups excluding carboxylic acids is 2. The molecule has 2 fully saturated rings. The molecule has 2 amide bonds. The third-order valence-electron chi connectivity index (χ3n) is 6.43. The molecule has 2 aliphatic heterocycles. The fourth-order valence-corrected chi connectivity index (χ4v) is 4.89. The van der Waals surface area contributed by atoms with E-state index in [-0.39, 0.29) is 42.6 Å². The van der Waals surface area contributed by atoms with Crippen LogP contribution in [0.15, 0.2) is 73.1 Å². The Bertz CT molecular complexity index is 1150. The van der Waals surface area contributed by atoms with E-state index in [9.17, 15) is 19.1 Å². The third-order valence-corrected chi connectivity index (χ3v) is 6.43. The van der Waals surface area contributed by atoms with E-state index in [1.165, 1.54) is 23.1 Å². The Labute approximate surface area is 184 Å². The summed E-state index contributed by atoms with van der Waals surface area (Å²) in [5.74, 6) is -1.43. The van der Waals surface area contributed by atoms with Crippen LogP contribution >= 0.6 is 0 Å². The molecule has 0 spiro atoms. The molecule has 6 nitrogen and oxygen atoms in total. The quantitative estimate of drug-likeness (QED) is 0.690. The van der Waals surface area contributed by atoms with Crippen LogP contribution in [0, 0.1) is 5.82 Å². The van der Waals surface area contributed by atoms with Gasteiger partial charge in [0.05, 0.1) is 24.3 Å². The maximum atomic E-state index is 14.1. The van der Waals surface area contributed by atoms with Crippen LogP contribution in [0.1, 0.15) is 21.8 Å². The number of amides is 2. The molecule has 1 N–H and O–H groups in total. The lowest BCUT2D eigenvalue weighted by molar-refractivity contribution is -0.159. The summed E-state index contributed by atoms with van der Waals surface area (Å²) in [6.07, 6.45) is 3.52. The monoisotopic (exact) mass is 431 g/mol. The summed E-state index contributed by atoms with van der Waals surface area (Å²) in [5, 5.41) is 9.96. The van der Waals surface area contributed by atoms with Gasteiger partial charge in [0.1, 0.15) is 12.4 Å². The minimum atomic E-state index is -0.600. The van der Waals surface area contributed by atoms with Gasteiger partial charge in [-0.25, -0.2) is 4.39 Å². The first-order chi connectivity index (χ1) is 15.6. The van der Waals surface area contributed by atoms with Crippen LogP contribution in [-0.4, -0.2) is 63.5 Å². The fraction of sp³-hybridized carbons (Fsp3) is 0.240. The molecule has 0 bridgehead atoms. The van der Waals surface area contributed by atoms with Crippen molar-refractivity contribution in [3.05, 3.63) is 90.0 Å². The summed E-state index contributed by atoms with van der Waals surface area (Å²) in [6, 6.07) is 17.1. The second-order valence-corrected chi connectivity index (χ2v) is 8.17. The van der Waals surface area contributed by atoms with E-state index in [1.807, 2.05) is 36.4 Å². The summed E-state index contributed by atoms with van der Waals surface area (Å²) >= 11 is 0. The first-order valence-corrected chi connectivity index (χ1v) is 10.5. The van der Waals surface area contributed by atoms with Crippen LogP contribution < -0.4 is 0 Å². The molecule has 0 saturated carbocycles. The highest BCUT2D eigenvalue weighted by Gasteiger charge is 2.54. The van der Waals surface area contributed by atoms with Crippen molar-refractivity contribution in [3.63, 3.8) is 0 Å². The number of aliphatic hydroxyl groups excluding tert-OH is 1. The molecule has 2 aromatic carbocycles. The molecule has 3 aromatic rings. The Morgan fingerprint density at radius 3 is 2.53 bits per heavy atom. The average Bonchev–Trinajstić information content (AvgIpc) is 2.81. The van der Waals surface area contributed by atoms with Gasteiger partial charge >= 0.3 is 0 Å². The Morgan fingerprint density at radius 2 is 1.84 bits per heavy atom. The summed E-state index contributed by atoms with van der Waals surface area (Å²) in [7, 11) is 0. The van der Waals surface area contributed by atoms with E-state index in [0.717, 1.165) is 16.7 Å². The minimum absolute atomic E-state index is 0.0378. The van der Waals surface area contributed by atoms with Crippen LogP contribution in [0.5, 0.6) is 0 Å². The molecule has 5 rings (SSSR count). The van der Waals surface area contributed by atoms with E-state index in [4.69, 9.17) is 0 Å². The van der Waals surface area contributed by atoms with E-state index in [2.05, 4.69) is 4.98 Å². The van der Waals surface area contributed by atoms with Gasteiger partial charge in [-0.05, 0) is 34.9 Å². The highest BCUT2D eigenvalue weighted by atomic mass is 19.1. The van der Waals surface area contributed by atoms with Crippen LogP contribution in [-0.2, 0) is 4.79 Å². The van der Waals surface area contributed by atoms with Crippen molar-refractivity contribution >= 4 is 11.8 Å². The van der Waals surface area contributed by atoms with Gasteiger partial charge in [0.25, 0.3) is 5.91 Å². The van der Waals surface area contributed by atoms with Gasteiger partial charge in [-0.1, -0.05) is 42.5 Å². The predicted octanol–water partition coefficient (Wildman–Crippen LogP) is 2.70. The topological polar surface area (TPSA) is 73.7 Å². The zero-order chi connectivity index (χ0) is 22.2. The van der Waals surface area contributed by atoms with Gasteiger partial charge in [0, 0.05) is 24.9 Å². The average molecular weight is 431 g/mol. The number of fused-ring (bicyclic) bond motifs is 1. The van der Waals surface area contributed by atoms with Crippen molar-refractivity contribution in [1.29, 1.82) is 0 Å². The molecule has 162 valence electrons. The molecule has 32 heavy (non-hydrogen) atoms. The van der Waals surface area contributed by atoms with Gasteiger partial charge in [-0.3, -0.25) is 14.6 Å². The van der Waals surface area contributed by atoms with E-state index < -0.39 is 11.7 Å². The number of aliphatic hydroxyl groups is 1. The number of carbonyl (C=O) groups is 2. The number of benzene rings is 2. The molecule has 7 heteroatoms. The van der Waals surface area contributed by atoms with Crippen molar-refractivity contribution in [2.75, 3.05) is 19.7 Å². The standard InChI is InChI=1S/C25H22FN3O3/c26-20-6-2-1-5-19(20)25(32)28-13-21-24(22(15-30)29(21)23(31)14-28)17-9-7-16(8-10-17)18-4-3-11-27-12-18/h1-12,21-22,24,30H,13-15H2/t21-,22+,24+/m0/s1. The number of pyridine rings is 1. The lowest BCUT2D eigenvalue weighted by Crippen LogP contribution is -2.73. The second-order valence-electron chi connectivity index (χ2n) is 8.17. The smallest absolute Gasteiger partial charge is 0.257 e. The number of nitrogens with zero attached hydrogens (tertiary/aromatic N) is 3. The zero-order valence-corrected chi connectivity index (χ0v) is 17.3. The van der Waals surface area contributed by atoms with Gasteiger partial charge < -0.3 is 14.9 Å². The van der Waals surface area contributed by atoms with Gasteiger partial charge in [-0.15, -0.1) is 0 Å². The molecule has 3 atom stereocenters. The van der Waals surface area contributed by atoms with Crippen molar-refractivity contribution in [2.24, 2.45) is 0 Å². The highest BCUT2D eigenvalue weighted by Crippen LogP contribution is 2.43. The van der Waals surface area contributed by atoms with E-state index in [0.29, 0.717) is 6.54 Å². The molecule has 2 aliphatic rings. The maximum absolute atomic E-state index is 14.1. The Hall–Kier alpha value is -3.58. The van der Waals surface area contributed by atoms with Crippen molar-refractivity contribution < 1.29 is 19.1 Å². The molecule has 0 radical (unpaired) electrons. The van der Waals surface area contributed by atoms with Crippen LogP contribution in [0.4, 0.5) is 4.39 Å².